The number of esters is 1. The number of hydrogen-bond donors (Lipinski definition) is 2. The molecule has 7 rings (SSSR count). The topological polar surface area (TPSA) is 137 Å². The van der Waals surface area contributed by atoms with Crippen LogP contribution in [0.1, 0.15) is 41.6 Å². The van der Waals surface area contributed by atoms with E-state index in [9.17, 15) is 20.3 Å². The van der Waals surface area contributed by atoms with Gasteiger partial charge in [0.25, 0.3) is 0 Å². The van der Waals surface area contributed by atoms with E-state index in [0.717, 1.165) is 24.6 Å². The van der Waals surface area contributed by atoms with Crippen molar-refractivity contribution in [2.75, 3.05) is 38.3 Å². The molecule has 4 heterocycles. The predicted octanol–water partition coefficient (Wildman–Crippen LogP) is 5.07. The van der Waals surface area contributed by atoms with Crippen LogP contribution in [0.3, 0.4) is 0 Å². The number of rotatable bonds is 7. The van der Waals surface area contributed by atoms with Gasteiger partial charge in [0.1, 0.15) is 11.3 Å². The summed E-state index contributed by atoms with van der Waals surface area (Å²) in [5.74, 6) is -0.970. The Morgan fingerprint density at radius 1 is 1.21 bits per heavy atom. The number of aromatic nitrogens is 3. The number of nitrogens with zero attached hydrogens (tertiary/aromatic N) is 6. The van der Waals surface area contributed by atoms with E-state index in [2.05, 4.69) is 25.8 Å². The molecule has 48 heavy (non-hydrogen) atoms. The molecule has 3 aliphatic rings. The Morgan fingerprint density at radius 3 is 2.65 bits per heavy atom. The van der Waals surface area contributed by atoms with Gasteiger partial charge in [-0.3, -0.25) is 9.88 Å². The summed E-state index contributed by atoms with van der Waals surface area (Å²) in [6.07, 6.45) is 5.08. The SMILES string of the molecule is COC(=O)c1cc(F)c2nc(CN3CCN(c4cccc(O)c4O)C4COCC43)n(CC3(C#N)CC3)c2c1.C[CH-]c1ccc(Cl)cn1.[Cm]. The van der Waals surface area contributed by atoms with Crippen molar-refractivity contribution < 1.29 is 28.9 Å². The number of phenolic OH excluding ortho intramolecular Hbond substituents is 2. The van der Waals surface area contributed by atoms with Crippen molar-refractivity contribution in [3.05, 3.63) is 83.0 Å². The first-order chi connectivity index (χ1) is 22.7. The Bertz CT molecular complexity index is 1830. The first-order valence-electron chi connectivity index (χ1n) is 15.4. The average Bonchev–Trinajstić information content (AvgIpc) is 3.53. The molecule has 2 N–H and O–H groups in total. The van der Waals surface area contributed by atoms with Gasteiger partial charge in [-0.05, 0) is 37.1 Å². The van der Waals surface area contributed by atoms with Crippen LogP contribution in [-0.4, -0.2) is 81.1 Å². The number of pyridine rings is 1. The number of fused-ring (bicyclic) bond motifs is 2. The standard InChI is InChI=1S/C27H28FN5O5.C7H7ClN.Cm/c1-37-26(36)16-9-17(28)24-19(10-16)33(15-27(14-29)5-6-27)23(30-24)11-31-7-8-32(21-13-38-12-20(21)31)18-3-2-4-22(34)25(18)35;1-2-7-4-3-6(8)5-9-7;/h2-4,9-10,20-21,34-35H,5-8,11-13,15H2,1H3;2-5H,1H3;/q;-1;. The minimum absolute atomic E-state index is 0. The second-order valence-electron chi connectivity index (χ2n) is 12.0. The molecule has 11 nitrogen and oxygen atoms in total. The monoisotopic (exact) mass is 904 g/mol. The van der Waals surface area contributed by atoms with Crippen LogP contribution in [0.15, 0.2) is 48.7 Å². The third kappa shape index (κ3) is 6.49. The van der Waals surface area contributed by atoms with Gasteiger partial charge in [-0.1, -0.05) is 23.4 Å². The first kappa shape index (κ1) is 33.8. The zero-order valence-corrected chi connectivity index (χ0v) is 30.1. The molecule has 2 aromatic heterocycles. The minimum Gasteiger partial charge on any atom is -0.504 e. The molecule has 254 valence electrons. The molecule has 2 unspecified atom stereocenters. The summed E-state index contributed by atoms with van der Waals surface area (Å²) in [7, 11) is 1.25. The van der Waals surface area contributed by atoms with Crippen molar-refractivity contribution in [2.24, 2.45) is 5.41 Å². The Hall–Kier alpha value is -5.57. The van der Waals surface area contributed by atoms with Gasteiger partial charge < -0.3 is 29.2 Å². The van der Waals surface area contributed by atoms with Gasteiger partial charge in [0.15, 0.2) is 17.3 Å². The Kier molecular flexibility index (Phi) is 9.61. The van der Waals surface area contributed by atoms with Crippen LogP contribution >= 0.6 is 11.6 Å². The number of nitriles is 1. The molecule has 0 radical (unpaired) electrons. The van der Waals surface area contributed by atoms with Crippen LogP contribution in [0.2, 0.25) is 5.02 Å². The van der Waals surface area contributed by atoms with Gasteiger partial charge in [-0.15, -0.1) is 13.0 Å². The molecule has 1 aliphatic carbocycles. The molecule has 1 saturated carbocycles. The second kappa shape index (κ2) is 13.7. The smallest absolute Gasteiger partial charge is 0.338 e. The molecule has 2 saturated heterocycles. The van der Waals surface area contributed by atoms with Crippen molar-refractivity contribution in [2.45, 2.75) is 44.9 Å². The number of aromatic hydroxyl groups is 2. The number of benzene rings is 2. The maximum atomic E-state index is 15.1. The normalized spacial score (nSPS) is 19.4. The fourth-order valence-corrected chi connectivity index (χ4v) is 6.37. The van der Waals surface area contributed by atoms with Crippen LogP contribution < -0.4 is 4.90 Å². The average molecular weight is 909 g/mol. The number of piperazine rings is 1. The summed E-state index contributed by atoms with van der Waals surface area (Å²) in [4.78, 5) is 25.1. The number of halogens is 2. The molecule has 2 aromatic carbocycles. The Labute approximate surface area is 276 Å². The fourth-order valence-electron chi connectivity index (χ4n) is 6.25. The van der Waals surface area contributed by atoms with Crippen molar-refractivity contribution in [3.8, 4) is 17.6 Å². The van der Waals surface area contributed by atoms with Crippen molar-refractivity contribution in [1.29, 1.82) is 5.26 Å². The first-order valence-corrected chi connectivity index (χ1v) is 15.7. The van der Waals surface area contributed by atoms with E-state index in [-0.39, 0.29) is 34.7 Å². The van der Waals surface area contributed by atoms with Crippen LogP contribution in [-0.2, 0) is 22.6 Å². The van der Waals surface area contributed by atoms with Crippen molar-refractivity contribution in [3.63, 3.8) is 0 Å². The number of para-hydroxylation sites is 1. The molecule has 0 amide bonds. The zero-order valence-electron chi connectivity index (χ0n) is 26.4. The third-order valence-corrected chi connectivity index (χ3v) is 9.29. The number of ether oxygens (including phenoxy) is 2. The number of hydrogen-bond acceptors (Lipinski definition) is 10. The van der Waals surface area contributed by atoms with E-state index in [0.29, 0.717) is 61.4 Å². The Balaban J connectivity index is 0.000000393. The van der Waals surface area contributed by atoms with Gasteiger partial charge in [0.2, 0.25) is 0 Å². The summed E-state index contributed by atoms with van der Waals surface area (Å²) >= 11 is 5.59. The van der Waals surface area contributed by atoms with Gasteiger partial charge in [0.05, 0.1) is 67.2 Å². The fraction of sp³-hybridized carbons (Fsp3) is 0.382. The van der Waals surface area contributed by atoms with Gasteiger partial charge in [0, 0.05) is 30.9 Å². The number of carbonyl (C=O) groups excluding carboxylic acids is 1. The summed E-state index contributed by atoms with van der Waals surface area (Å²) in [6, 6.07) is 13.6. The number of anilines is 1. The zero-order chi connectivity index (χ0) is 33.3. The van der Waals surface area contributed by atoms with Gasteiger partial charge >= 0.3 is 5.97 Å². The summed E-state index contributed by atoms with van der Waals surface area (Å²) in [5.41, 5.74) is 1.70. The molecule has 2 atom stereocenters. The Morgan fingerprint density at radius 2 is 1.98 bits per heavy atom. The molecule has 4 aromatic rings. The van der Waals surface area contributed by atoms with Crippen molar-refractivity contribution >= 4 is 34.3 Å². The van der Waals surface area contributed by atoms with E-state index in [1.54, 1.807) is 24.4 Å². The van der Waals surface area contributed by atoms with E-state index in [1.807, 2.05) is 30.0 Å². The number of carbonyl (C=O) groups is 1. The quantitative estimate of drug-likeness (QED) is 0.147. The van der Waals surface area contributed by atoms with Crippen molar-refractivity contribution in [1.82, 2.24) is 19.4 Å². The number of phenols is 2. The van der Waals surface area contributed by atoms with Crippen LogP contribution in [0.5, 0.6) is 11.5 Å². The van der Waals surface area contributed by atoms with E-state index in [1.165, 1.54) is 13.2 Å². The summed E-state index contributed by atoms with van der Waals surface area (Å²) < 4.78 is 27.7. The molecule has 0 bridgehead atoms. The molecule has 0 spiro atoms. The predicted molar refractivity (Wildman–Crippen MR) is 173 cm³/mol. The minimum atomic E-state index is -0.640. The number of methoxy groups -OCH3 is 1. The van der Waals surface area contributed by atoms with Gasteiger partial charge in [-0.2, -0.15) is 11.3 Å². The third-order valence-electron chi connectivity index (χ3n) is 9.07. The summed E-state index contributed by atoms with van der Waals surface area (Å²) in [6.45, 7) is 4.82. The van der Waals surface area contributed by atoms with Crippen LogP contribution in [0, 0.1) is 29.0 Å². The van der Waals surface area contributed by atoms with Crippen LogP contribution in [0.25, 0.3) is 11.0 Å². The van der Waals surface area contributed by atoms with E-state index in [4.69, 9.17) is 21.1 Å². The largest absolute Gasteiger partial charge is 0.504 e. The maximum absolute atomic E-state index is 15.1. The molecular weight excluding hydrogens is 874 g/mol. The molecule has 14 heteroatoms. The molecule has 2 aliphatic heterocycles. The second-order valence-corrected chi connectivity index (χ2v) is 12.4. The van der Waals surface area contributed by atoms with Gasteiger partial charge in [-0.25, -0.2) is 20.6 Å². The maximum Gasteiger partial charge on any atom is 0.338 e. The molecule has 3 fully saturated rings. The van der Waals surface area contributed by atoms with E-state index < -0.39 is 17.2 Å². The summed E-state index contributed by atoms with van der Waals surface area (Å²) in [5, 5.41) is 30.9. The molecular formula is C34H35ClCmFN6O5-. The van der Waals surface area contributed by atoms with E-state index >= 15 is 4.39 Å². The number of imidazole rings is 1. The van der Waals surface area contributed by atoms with Crippen LogP contribution in [0.4, 0.5) is 10.1 Å².